The Morgan fingerprint density at radius 1 is 1.14 bits per heavy atom. The number of likely N-dealkylation sites (N-methyl/N-ethyl adjacent to an activating group) is 1. The minimum atomic E-state index is -0.953. The molecule has 3 fully saturated rings. The molecule has 50 heavy (non-hydrogen) atoms. The molecule has 4 aliphatic rings. The third-order valence-electron chi connectivity index (χ3n) is 10.6. The van der Waals surface area contributed by atoms with Crippen molar-refractivity contribution < 1.29 is 27.4 Å². The molecule has 4 aromatic rings. The normalized spacial score (nSPS) is 24.4. The number of thiophene rings is 1. The van der Waals surface area contributed by atoms with E-state index in [4.69, 9.17) is 24.9 Å². The molecule has 2 N–H and O–H groups in total. The Labute approximate surface area is 291 Å². The number of nitrogen functional groups attached to an aromatic ring is 1. The largest absolute Gasteiger partial charge is 0.462 e. The number of fused-ring (bicyclic) bond motifs is 6. The molecule has 2 bridgehead atoms. The highest BCUT2D eigenvalue weighted by Gasteiger charge is 2.43. The van der Waals surface area contributed by atoms with Crippen LogP contribution >= 0.6 is 11.3 Å². The van der Waals surface area contributed by atoms with Gasteiger partial charge in [0.15, 0.2) is 11.6 Å². The van der Waals surface area contributed by atoms with Gasteiger partial charge in [-0.1, -0.05) is 0 Å². The Morgan fingerprint density at radius 3 is 2.60 bits per heavy atom. The number of rotatable bonds is 9. The number of nitrogens with two attached hydrogens (primary N) is 1. The quantitative estimate of drug-likeness (QED) is 0.248. The predicted molar refractivity (Wildman–Crippen MR) is 184 cm³/mol. The highest BCUT2D eigenvalue weighted by Crippen LogP contribution is 2.48. The number of aromatic nitrogens is 3. The second-order valence-electron chi connectivity index (χ2n) is 13.8. The van der Waals surface area contributed by atoms with Crippen LogP contribution < -0.4 is 15.4 Å². The Hall–Kier alpha value is -3.81. The van der Waals surface area contributed by atoms with Gasteiger partial charge in [-0.05, 0) is 51.3 Å². The summed E-state index contributed by atoms with van der Waals surface area (Å²) < 4.78 is 64.8. The number of hydrogen-bond donors (Lipinski definition) is 1. The molecule has 3 aromatic heterocycles. The third kappa shape index (κ3) is 5.52. The molecule has 2 unspecified atom stereocenters. The summed E-state index contributed by atoms with van der Waals surface area (Å²) in [5.74, 6) is -0.751. The molecule has 4 aliphatic heterocycles. The van der Waals surface area contributed by atoms with Crippen molar-refractivity contribution in [3.05, 3.63) is 34.5 Å². The third-order valence-corrected chi connectivity index (χ3v) is 11.6. The number of hydrogen-bond acceptors (Lipinski definition) is 12. The van der Waals surface area contributed by atoms with Gasteiger partial charge in [-0.25, -0.2) is 13.2 Å². The van der Waals surface area contributed by atoms with Gasteiger partial charge in [-0.2, -0.15) is 15.2 Å². The minimum absolute atomic E-state index is 0.00609. The number of pyridine rings is 1. The van der Waals surface area contributed by atoms with Crippen LogP contribution in [0, 0.1) is 23.0 Å². The van der Waals surface area contributed by atoms with Gasteiger partial charge in [0.25, 0.3) is 0 Å². The van der Waals surface area contributed by atoms with Gasteiger partial charge in [-0.3, -0.25) is 14.8 Å². The van der Waals surface area contributed by atoms with Gasteiger partial charge < -0.3 is 24.8 Å². The van der Waals surface area contributed by atoms with Gasteiger partial charge in [-0.15, -0.1) is 11.3 Å². The first-order valence-corrected chi connectivity index (χ1v) is 18.0. The Balaban J connectivity index is 1.29. The zero-order valence-electron chi connectivity index (χ0n) is 28.2. The number of ether oxygens (including phenoxy) is 3. The van der Waals surface area contributed by atoms with Crippen molar-refractivity contribution in [2.24, 2.45) is 0 Å². The maximum atomic E-state index is 17.4. The monoisotopic (exact) mass is 708 g/mol. The average molecular weight is 709 g/mol. The molecule has 7 heterocycles. The molecule has 0 amide bonds. The summed E-state index contributed by atoms with van der Waals surface area (Å²) in [4.78, 5) is 20.7. The van der Waals surface area contributed by atoms with Crippen LogP contribution in [-0.4, -0.2) is 102 Å². The first-order chi connectivity index (χ1) is 24.2. The lowest BCUT2D eigenvalue weighted by Gasteiger charge is -2.43. The second kappa shape index (κ2) is 13.1. The van der Waals surface area contributed by atoms with Crippen LogP contribution in [0.25, 0.3) is 32.2 Å². The molecule has 11 nitrogen and oxygen atoms in total. The first kappa shape index (κ1) is 33.3. The molecule has 0 spiro atoms. The fourth-order valence-corrected chi connectivity index (χ4v) is 9.36. The Morgan fingerprint density at radius 2 is 1.90 bits per heavy atom. The Bertz CT molecular complexity index is 2010. The number of anilines is 2. The Kier molecular flexibility index (Phi) is 8.71. The van der Waals surface area contributed by atoms with E-state index in [0.29, 0.717) is 36.3 Å². The zero-order valence-corrected chi connectivity index (χ0v) is 29.0. The summed E-state index contributed by atoms with van der Waals surface area (Å²) >= 11 is 0.930. The maximum Gasteiger partial charge on any atom is 0.319 e. The van der Waals surface area contributed by atoms with Gasteiger partial charge >= 0.3 is 6.01 Å². The fourth-order valence-electron chi connectivity index (χ4n) is 8.44. The van der Waals surface area contributed by atoms with Crippen molar-refractivity contribution in [1.29, 1.82) is 5.26 Å². The first-order valence-electron chi connectivity index (χ1n) is 17.2. The summed E-state index contributed by atoms with van der Waals surface area (Å²) in [6, 6.07) is 2.11. The molecule has 0 saturated carbocycles. The number of benzene rings is 1. The summed E-state index contributed by atoms with van der Waals surface area (Å²) in [5, 5.41) is 10.8. The van der Waals surface area contributed by atoms with Crippen LogP contribution in [0.5, 0.6) is 6.01 Å². The molecule has 264 valence electrons. The van der Waals surface area contributed by atoms with Gasteiger partial charge in [0.2, 0.25) is 0 Å². The zero-order chi connectivity index (χ0) is 34.8. The molecule has 8 rings (SSSR count). The van der Waals surface area contributed by atoms with Crippen LogP contribution in [-0.2, 0) is 22.7 Å². The van der Waals surface area contributed by atoms with E-state index in [1.165, 1.54) is 0 Å². The highest BCUT2D eigenvalue weighted by atomic mass is 32.1. The lowest BCUT2D eigenvalue weighted by Crippen LogP contribution is -2.55. The van der Waals surface area contributed by atoms with Gasteiger partial charge in [0, 0.05) is 61.9 Å². The van der Waals surface area contributed by atoms with Crippen molar-refractivity contribution in [3.8, 4) is 23.3 Å². The second-order valence-corrected chi connectivity index (χ2v) is 14.9. The fraction of sp³-hybridized carbons (Fsp3) is 0.543. The van der Waals surface area contributed by atoms with Gasteiger partial charge in [0.05, 0.1) is 46.9 Å². The molecule has 15 heteroatoms. The maximum absolute atomic E-state index is 17.4. The number of alkyl halides is 1. The molecule has 3 saturated heterocycles. The summed E-state index contributed by atoms with van der Waals surface area (Å²) in [5.41, 5.74) is 7.68. The van der Waals surface area contributed by atoms with Crippen LogP contribution in [0.1, 0.15) is 49.8 Å². The molecular weight excluding hydrogens is 669 g/mol. The number of halogens is 3. The van der Waals surface area contributed by atoms with Gasteiger partial charge in [0.1, 0.15) is 35.2 Å². The van der Waals surface area contributed by atoms with Crippen LogP contribution in [0.15, 0.2) is 6.20 Å². The lowest BCUT2D eigenvalue weighted by atomic mass is 9.93. The van der Waals surface area contributed by atoms with Crippen molar-refractivity contribution >= 4 is 43.1 Å². The van der Waals surface area contributed by atoms with Crippen LogP contribution in [0.4, 0.5) is 24.0 Å². The van der Waals surface area contributed by atoms with E-state index < -0.39 is 17.8 Å². The highest BCUT2D eigenvalue weighted by molar-refractivity contribution is 7.23. The molecule has 0 aliphatic carbocycles. The van der Waals surface area contributed by atoms with E-state index >= 15 is 8.78 Å². The molecule has 0 radical (unpaired) electrons. The molecule has 1 aromatic carbocycles. The minimum Gasteiger partial charge on any atom is -0.462 e. The van der Waals surface area contributed by atoms with Crippen LogP contribution in [0.3, 0.4) is 0 Å². The molecular formula is C35H39F3N8O3S. The summed E-state index contributed by atoms with van der Waals surface area (Å²) in [6.07, 6.45) is 2.40. The smallest absolute Gasteiger partial charge is 0.319 e. The van der Waals surface area contributed by atoms with Crippen molar-refractivity contribution in [3.63, 3.8) is 0 Å². The summed E-state index contributed by atoms with van der Waals surface area (Å²) in [7, 11) is 1.85. The van der Waals surface area contributed by atoms with E-state index in [0.717, 1.165) is 55.6 Å². The predicted octanol–water partition coefficient (Wildman–Crippen LogP) is 5.17. The van der Waals surface area contributed by atoms with Crippen molar-refractivity contribution in [1.82, 2.24) is 24.8 Å². The SMILES string of the molecule is CCO[C@H](C)CN1CC2CCC(C1)N2c1nc(OC[C@@H]2C[C@@H](F)CN2C)nc2c(F)c(-c3ncc(F)c4sc(N)c(C#N)c34)c3c(c12)COC3. The summed E-state index contributed by atoms with van der Waals surface area (Å²) in [6.45, 7) is 7.88. The average Bonchev–Trinajstić information content (AvgIpc) is 3.84. The van der Waals surface area contributed by atoms with Crippen molar-refractivity contribution in [2.75, 3.05) is 57.1 Å². The van der Waals surface area contributed by atoms with Crippen molar-refractivity contribution in [2.45, 2.75) is 76.7 Å². The van der Waals surface area contributed by atoms with Crippen LogP contribution in [0.2, 0.25) is 0 Å². The number of nitriles is 1. The lowest BCUT2D eigenvalue weighted by molar-refractivity contribution is 0.0400. The number of piperazine rings is 1. The van der Waals surface area contributed by atoms with E-state index in [9.17, 15) is 9.65 Å². The van der Waals surface area contributed by atoms with E-state index in [1.54, 1.807) is 0 Å². The van der Waals surface area contributed by atoms with E-state index in [2.05, 4.69) is 32.8 Å². The van der Waals surface area contributed by atoms with E-state index in [1.807, 2.05) is 18.9 Å². The topological polar surface area (TPSA) is 126 Å². The number of nitrogens with zero attached hydrogens (tertiary/aromatic N) is 7. The van der Waals surface area contributed by atoms with E-state index in [-0.39, 0.29) is 87.5 Å². The molecule has 5 atom stereocenters. The number of likely N-dealkylation sites (tertiary alicyclic amines) is 2. The standard InChI is InChI=1S/C35H39F3N8O3S/c1-4-48-17(2)10-45-12-19-5-6-20(13-45)46(19)34-28-24-16-47-15-23(24)26(30-27-22(8-39)33(40)50-32(27)25(37)9-41-30)29(38)31(28)42-35(43-34)49-14-21-7-18(36)11-44(21)3/h9,17-21H,4-7,10-16,40H2,1-3H3/t17-,18-,19?,20?,21+/m1/s1.